The van der Waals surface area contributed by atoms with Gasteiger partial charge in [-0.15, -0.1) is 0 Å². The second-order valence-corrected chi connectivity index (χ2v) is 6.28. The van der Waals surface area contributed by atoms with Gasteiger partial charge in [0.05, 0.1) is 21.7 Å². The molecule has 0 aliphatic carbocycles. The number of hydrogen-bond donors (Lipinski definition) is 0. The number of rotatable bonds is 8. The summed E-state index contributed by atoms with van der Waals surface area (Å²) in [5.74, 6) is -1.14. The highest BCUT2D eigenvalue weighted by atomic mass is 35.5. The SMILES string of the molecule is CCCCOC(=O)[C@@H](C)OC(=O)[C@H](C)Oc1cc(Cl)c(Cl)cc1Cl. The Bertz CT molecular complexity index is 591. The molecule has 0 aliphatic heterocycles. The van der Waals surface area contributed by atoms with Crippen LogP contribution < -0.4 is 4.74 Å². The van der Waals surface area contributed by atoms with E-state index in [2.05, 4.69) is 0 Å². The molecule has 0 radical (unpaired) electrons. The van der Waals surface area contributed by atoms with E-state index in [1.807, 2.05) is 6.92 Å². The van der Waals surface area contributed by atoms with Gasteiger partial charge in [-0.2, -0.15) is 0 Å². The highest BCUT2D eigenvalue weighted by molar-refractivity contribution is 6.43. The lowest BCUT2D eigenvalue weighted by molar-refractivity contribution is -0.170. The summed E-state index contributed by atoms with van der Waals surface area (Å²) in [6, 6.07) is 2.81. The molecule has 0 saturated carbocycles. The number of ether oxygens (including phenoxy) is 3. The van der Waals surface area contributed by atoms with Crippen molar-refractivity contribution in [2.75, 3.05) is 6.61 Å². The van der Waals surface area contributed by atoms with E-state index in [1.54, 1.807) is 0 Å². The van der Waals surface area contributed by atoms with Crippen molar-refractivity contribution in [1.29, 1.82) is 0 Å². The maximum absolute atomic E-state index is 12.0. The molecule has 8 heteroatoms. The number of carbonyl (C=O) groups is 2. The fourth-order valence-electron chi connectivity index (χ4n) is 1.59. The first-order valence-electron chi connectivity index (χ1n) is 7.44. The van der Waals surface area contributed by atoms with E-state index in [4.69, 9.17) is 49.0 Å². The van der Waals surface area contributed by atoms with Gasteiger partial charge < -0.3 is 14.2 Å². The maximum atomic E-state index is 12.0. The molecule has 0 spiro atoms. The predicted octanol–water partition coefficient (Wildman–Crippen LogP) is 4.69. The summed E-state index contributed by atoms with van der Waals surface area (Å²) in [4.78, 5) is 23.7. The first-order valence-corrected chi connectivity index (χ1v) is 8.58. The molecule has 134 valence electrons. The van der Waals surface area contributed by atoms with Crippen molar-refractivity contribution in [2.45, 2.75) is 45.8 Å². The van der Waals surface area contributed by atoms with E-state index in [0.717, 1.165) is 12.8 Å². The lowest BCUT2D eigenvalue weighted by Crippen LogP contribution is -2.33. The minimum absolute atomic E-state index is 0.189. The Morgan fingerprint density at radius 3 is 2.25 bits per heavy atom. The van der Waals surface area contributed by atoms with Crippen LogP contribution in [0.4, 0.5) is 0 Å². The molecule has 0 bridgehead atoms. The normalized spacial score (nSPS) is 13.1. The van der Waals surface area contributed by atoms with Crippen LogP contribution in [-0.2, 0) is 19.1 Å². The molecule has 5 nitrogen and oxygen atoms in total. The monoisotopic (exact) mass is 396 g/mol. The fraction of sp³-hybridized carbons (Fsp3) is 0.500. The third-order valence-electron chi connectivity index (χ3n) is 2.98. The lowest BCUT2D eigenvalue weighted by atomic mass is 10.3. The molecule has 0 aliphatic rings. The quantitative estimate of drug-likeness (QED) is 0.362. The minimum atomic E-state index is -1.02. The third kappa shape index (κ3) is 6.38. The summed E-state index contributed by atoms with van der Waals surface area (Å²) < 4.78 is 15.4. The van der Waals surface area contributed by atoms with Crippen LogP contribution in [0.5, 0.6) is 5.75 Å². The second-order valence-electron chi connectivity index (χ2n) is 5.06. The summed E-state index contributed by atoms with van der Waals surface area (Å²) in [5.41, 5.74) is 0. The van der Waals surface area contributed by atoms with Crippen LogP contribution in [0.1, 0.15) is 33.6 Å². The molecule has 0 unspecified atom stereocenters. The van der Waals surface area contributed by atoms with Crippen LogP contribution in [0.2, 0.25) is 15.1 Å². The maximum Gasteiger partial charge on any atom is 0.347 e. The number of benzene rings is 1. The molecular weight excluding hydrogens is 379 g/mol. The fourth-order valence-corrected chi connectivity index (χ4v) is 2.17. The van der Waals surface area contributed by atoms with Crippen molar-refractivity contribution >= 4 is 46.7 Å². The van der Waals surface area contributed by atoms with Gasteiger partial charge in [-0.3, -0.25) is 0 Å². The molecule has 0 aromatic heterocycles. The van der Waals surface area contributed by atoms with Gasteiger partial charge in [0, 0.05) is 6.07 Å². The molecule has 0 saturated heterocycles. The molecule has 1 aromatic rings. The number of carbonyl (C=O) groups excluding carboxylic acids is 2. The zero-order valence-electron chi connectivity index (χ0n) is 13.6. The Morgan fingerprint density at radius 1 is 1.00 bits per heavy atom. The molecule has 0 fully saturated rings. The Labute approximate surface area is 156 Å². The Hall–Kier alpha value is -1.17. The summed E-state index contributed by atoms with van der Waals surface area (Å²) in [6.07, 6.45) is -0.367. The molecule has 0 amide bonds. The smallest absolute Gasteiger partial charge is 0.347 e. The number of halogens is 3. The van der Waals surface area contributed by atoms with E-state index in [-0.39, 0.29) is 20.8 Å². The third-order valence-corrected chi connectivity index (χ3v) is 4.00. The topological polar surface area (TPSA) is 61.8 Å². The molecule has 24 heavy (non-hydrogen) atoms. The number of hydrogen-bond acceptors (Lipinski definition) is 5. The van der Waals surface area contributed by atoms with Crippen LogP contribution in [-0.4, -0.2) is 30.8 Å². The number of unbranched alkanes of at least 4 members (excludes halogenated alkanes) is 1. The number of esters is 2. The average Bonchev–Trinajstić information content (AvgIpc) is 2.52. The van der Waals surface area contributed by atoms with Crippen LogP contribution >= 0.6 is 34.8 Å². The van der Waals surface area contributed by atoms with Crippen LogP contribution in [0.15, 0.2) is 12.1 Å². The molecule has 1 aromatic carbocycles. The van der Waals surface area contributed by atoms with E-state index >= 15 is 0 Å². The van der Waals surface area contributed by atoms with Crippen molar-refractivity contribution in [1.82, 2.24) is 0 Å². The Morgan fingerprint density at radius 2 is 1.62 bits per heavy atom. The molecule has 2 atom stereocenters. The van der Waals surface area contributed by atoms with Crippen LogP contribution in [0.25, 0.3) is 0 Å². The van der Waals surface area contributed by atoms with Crippen LogP contribution in [0, 0.1) is 0 Å². The Balaban J connectivity index is 2.59. The first kappa shape index (κ1) is 20.9. The van der Waals surface area contributed by atoms with Crippen molar-refractivity contribution in [3.8, 4) is 5.75 Å². The highest BCUT2D eigenvalue weighted by Crippen LogP contribution is 2.34. The van der Waals surface area contributed by atoms with Crippen molar-refractivity contribution < 1.29 is 23.8 Å². The minimum Gasteiger partial charge on any atom is -0.477 e. The van der Waals surface area contributed by atoms with Crippen molar-refractivity contribution in [3.63, 3.8) is 0 Å². The van der Waals surface area contributed by atoms with E-state index in [9.17, 15) is 9.59 Å². The summed E-state index contributed by atoms with van der Waals surface area (Å²) in [6.45, 7) is 5.17. The largest absolute Gasteiger partial charge is 0.477 e. The molecule has 0 N–H and O–H groups in total. The molecular formula is C16H19Cl3O5. The zero-order valence-corrected chi connectivity index (χ0v) is 15.9. The van der Waals surface area contributed by atoms with Gasteiger partial charge in [-0.05, 0) is 26.3 Å². The van der Waals surface area contributed by atoms with Gasteiger partial charge in [-0.25, -0.2) is 9.59 Å². The highest BCUT2D eigenvalue weighted by Gasteiger charge is 2.25. The molecule has 1 rings (SSSR count). The van der Waals surface area contributed by atoms with Crippen LogP contribution in [0.3, 0.4) is 0 Å². The predicted molar refractivity (Wildman–Crippen MR) is 93.0 cm³/mol. The van der Waals surface area contributed by atoms with Crippen molar-refractivity contribution in [3.05, 3.63) is 27.2 Å². The van der Waals surface area contributed by atoms with Gasteiger partial charge in [-0.1, -0.05) is 48.1 Å². The Kier molecular flexibility index (Phi) is 8.67. The van der Waals surface area contributed by atoms with E-state index < -0.39 is 24.1 Å². The van der Waals surface area contributed by atoms with Gasteiger partial charge in [0.2, 0.25) is 0 Å². The first-order chi connectivity index (χ1) is 11.3. The summed E-state index contributed by atoms with van der Waals surface area (Å²) in [7, 11) is 0. The summed E-state index contributed by atoms with van der Waals surface area (Å²) >= 11 is 17.7. The second kappa shape index (κ2) is 9.97. The van der Waals surface area contributed by atoms with Gasteiger partial charge in [0.15, 0.2) is 12.2 Å². The summed E-state index contributed by atoms with van der Waals surface area (Å²) in [5, 5.41) is 0.716. The zero-order chi connectivity index (χ0) is 18.3. The van der Waals surface area contributed by atoms with E-state index in [0.29, 0.717) is 6.61 Å². The van der Waals surface area contributed by atoms with Gasteiger partial charge >= 0.3 is 11.9 Å². The average molecular weight is 398 g/mol. The van der Waals surface area contributed by atoms with E-state index in [1.165, 1.54) is 26.0 Å². The van der Waals surface area contributed by atoms with Gasteiger partial charge in [0.25, 0.3) is 0 Å². The van der Waals surface area contributed by atoms with Crippen molar-refractivity contribution in [2.24, 2.45) is 0 Å². The van der Waals surface area contributed by atoms with Gasteiger partial charge in [0.1, 0.15) is 5.75 Å². The molecule has 0 heterocycles. The lowest BCUT2D eigenvalue weighted by Gasteiger charge is -2.18. The standard InChI is InChI=1S/C16H19Cl3O5/c1-4-5-6-22-15(20)9(2)24-16(21)10(3)23-14-8-12(18)11(17)7-13(14)19/h7-10H,4-6H2,1-3H3/t9-,10+/m1/s1.